The lowest BCUT2D eigenvalue weighted by atomic mass is 9.86. The number of hydrogen-bond donors (Lipinski definition) is 1. The van der Waals surface area contributed by atoms with E-state index in [1.165, 1.54) is 0 Å². The number of rotatable bonds is 4. The number of nitrogens with zero attached hydrogens (tertiary/aromatic N) is 4. The Hall–Kier alpha value is -3.45. The molecular formula is C27H31N5O2. The van der Waals surface area contributed by atoms with E-state index in [-0.39, 0.29) is 17.9 Å². The Morgan fingerprint density at radius 2 is 1.82 bits per heavy atom. The summed E-state index contributed by atoms with van der Waals surface area (Å²) in [4.78, 5) is 26.8. The fourth-order valence-corrected chi connectivity index (χ4v) is 4.91. The molecule has 1 N–H and O–H groups in total. The van der Waals surface area contributed by atoms with Crippen LogP contribution < -0.4 is 15.1 Å². The van der Waals surface area contributed by atoms with Gasteiger partial charge in [0.1, 0.15) is 11.6 Å². The Bertz CT molecular complexity index is 1190. The van der Waals surface area contributed by atoms with Gasteiger partial charge in [-0.2, -0.15) is 0 Å². The molecule has 7 nitrogen and oxygen atoms in total. The largest absolute Gasteiger partial charge is 0.381 e. The molecule has 0 radical (unpaired) electrons. The van der Waals surface area contributed by atoms with Crippen LogP contribution >= 0.6 is 0 Å². The lowest BCUT2D eigenvalue weighted by Crippen LogP contribution is -2.38. The number of carbonyl (C=O) groups excluding carboxylic acids is 1. The predicted molar refractivity (Wildman–Crippen MR) is 135 cm³/mol. The average Bonchev–Trinajstić information content (AvgIpc) is 3.04. The van der Waals surface area contributed by atoms with Crippen LogP contribution in [-0.2, 0) is 16.1 Å². The van der Waals surface area contributed by atoms with Crippen LogP contribution in [0.1, 0.15) is 31.2 Å². The smallest absolute Gasteiger partial charge is 0.230 e. The van der Waals surface area contributed by atoms with E-state index in [4.69, 9.17) is 4.74 Å². The molecule has 1 aromatic carbocycles. The maximum Gasteiger partial charge on any atom is 0.230 e. The van der Waals surface area contributed by atoms with E-state index in [2.05, 4.69) is 33.5 Å². The molecular weight excluding hydrogens is 426 g/mol. The van der Waals surface area contributed by atoms with Gasteiger partial charge in [0.05, 0.1) is 24.0 Å². The number of anilines is 4. The number of amides is 1. The van der Waals surface area contributed by atoms with Crippen LogP contribution in [0.2, 0.25) is 0 Å². The summed E-state index contributed by atoms with van der Waals surface area (Å²) in [6.07, 6.45) is 7.42. The van der Waals surface area contributed by atoms with E-state index in [0.717, 1.165) is 65.4 Å². The molecule has 3 heterocycles. The molecule has 5 rings (SSSR count). The molecule has 7 heteroatoms. The van der Waals surface area contributed by atoms with Gasteiger partial charge in [-0.05, 0) is 67.1 Å². The number of fused-ring (bicyclic) bond motifs is 2. The molecule has 1 aliphatic heterocycles. The highest BCUT2D eigenvalue weighted by Crippen LogP contribution is 2.40. The zero-order chi connectivity index (χ0) is 23.7. The number of aromatic nitrogens is 2. The van der Waals surface area contributed by atoms with Gasteiger partial charge in [0, 0.05) is 45.1 Å². The van der Waals surface area contributed by atoms with Gasteiger partial charge in [0.15, 0.2) is 0 Å². The van der Waals surface area contributed by atoms with Crippen LogP contribution in [-0.4, -0.2) is 43.2 Å². The van der Waals surface area contributed by atoms with Gasteiger partial charge in [0.2, 0.25) is 5.91 Å². The van der Waals surface area contributed by atoms with Crippen molar-refractivity contribution in [2.75, 3.05) is 36.3 Å². The highest BCUT2D eigenvalue weighted by molar-refractivity contribution is 6.00. The summed E-state index contributed by atoms with van der Waals surface area (Å²) in [6.45, 7) is 0.495. The third-order valence-corrected chi connectivity index (χ3v) is 6.92. The Morgan fingerprint density at radius 3 is 2.59 bits per heavy atom. The molecule has 0 bridgehead atoms. The van der Waals surface area contributed by atoms with Crippen molar-refractivity contribution in [2.24, 2.45) is 5.92 Å². The van der Waals surface area contributed by atoms with E-state index < -0.39 is 0 Å². The molecule has 1 aliphatic carbocycles. The first kappa shape index (κ1) is 22.3. The Balaban J connectivity index is 1.54. The monoisotopic (exact) mass is 457 g/mol. The molecule has 1 amide bonds. The molecule has 0 spiro atoms. The Labute approximate surface area is 200 Å². The van der Waals surface area contributed by atoms with Gasteiger partial charge in [-0.3, -0.25) is 4.79 Å². The summed E-state index contributed by atoms with van der Waals surface area (Å²) in [5, 5.41) is 3.47. The molecule has 1 saturated carbocycles. The third-order valence-electron chi connectivity index (χ3n) is 6.92. The van der Waals surface area contributed by atoms with Crippen molar-refractivity contribution in [1.82, 2.24) is 9.97 Å². The minimum absolute atomic E-state index is 0.00222. The zero-order valence-corrected chi connectivity index (χ0v) is 20.0. The highest BCUT2D eigenvalue weighted by atomic mass is 16.5. The number of nitrogens with one attached hydrogen (secondary N) is 1. The maximum absolute atomic E-state index is 13.9. The first-order valence-electron chi connectivity index (χ1n) is 11.9. The summed E-state index contributed by atoms with van der Waals surface area (Å²) in [6, 6.07) is 14.3. The summed E-state index contributed by atoms with van der Waals surface area (Å²) >= 11 is 0. The zero-order valence-electron chi connectivity index (χ0n) is 20.0. The number of benzene rings is 1. The molecule has 3 aromatic rings. The van der Waals surface area contributed by atoms with Crippen molar-refractivity contribution in [3.05, 3.63) is 60.4 Å². The van der Waals surface area contributed by atoms with Crippen molar-refractivity contribution >= 4 is 28.9 Å². The van der Waals surface area contributed by atoms with Crippen LogP contribution in [0.3, 0.4) is 0 Å². The Morgan fingerprint density at radius 1 is 1.03 bits per heavy atom. The van der Waals surface area contributed by atoms with Crippen molar-refractivity contribution in [2.45, 2.75) is 38.3 Å². The fraction of sp³-hybridized carbons (Fsp3) is 0.370. The molecule has 34 heavy (non-hydrogen) atoms. The minimum atomic E-state index is 0.00222. The van der Waals surface area contributed by atoms with Gasteiger partial charge in [0.25, 0.3) is 0 Å². The van der Waals surface area contributed by atoms with Crippen molar-refractivity contribution < 1.29 is 9.53 Å². The summed E-state index contributed by atoms with van der Waals surface area (Å²) < 4.78 is 5.53. The number of methoxy groups -OCH3 is 1. The molecule has 2 aromatic heterocycles. The van der Waals surface area contributed by atoms with Crippen LogP contribution in [0.4, 0.5) is 23.0 Å². The quantitative estimate of drug-likeness (QED) is 0.594. The molecule has 0 unspecified atom stereocenters. The fourth-order valence-electron chi connectivity index (χ4n) is 4.91. The van der Waals surface area contributed by atoms with E-state index in [1.807, 2.05) is 54.4 Å². The number of carbonyl (C=O) groups is 1. The van der Waals surface area contributed by atoms with Gasteiger partial charge < -0.3 is 19.9 Å². The van der Waals surface area contributed by atoms with Crippen LogP contribution in [0.5, 0.6) is 0 Å². The molecule has 0 atom stereocenters. The second-order valence-electron chi connectivity index (χ2n) is 9.30. The SMILES string of the molecule is COC1CCC(C(=O)N2Cc3cccnc3Nc3ccc(-c4ccnc(N(C)C)c4)cc32)CC1. The lowest BCUT2D eigenvalue weighted by molar-refractivity contribution is -0.124. The number of ether oxygens (including phenoxy) is 1. The van der Waals surface area contributed by atoms with Crippen molar-refractivity contribution in [1.29, 1.82) is 0 Å². The van der Waals surface area contributed by atoms with Gasteiger partial charge >= 0.3 is 0 Å². The molecule has 1 fully saturated rings. The Kier molecular flexibility index (Phi) is 6.20. The molecule has 176 valence electrons. The van der Waals surface area contributed by atoms with E-state index in [9.17, 15) is 4.79 Å². The molecule has 0 saturated heterocycles. The second-order valence-corrected chi connectivity index (χ2v) is 9.30. The number of pyridine rings is 2. The first-order chi connectivity index (χ1) is 16.5. The average molecular weight is 458 g/mol. The van der Waals surface area contributed by atoms with Crippen LogP contribution in [0, 0.1) is 5.92 Å². The summed E-state index contributed by atoms with van der Waals surface area (Å²) in [5.74, 6) is 1.87. The lowest BCUT2D eigenvalue weighted by Gasteiger charge is -2.32. The first-order valence-corrected chi connectivity index (χ1v) is 11.9. The van der Waals surface area contributed by atoms with Crippen molar-refractivity contribution in [3.63, 3.8) is 0 Å². The summed E-state index contributed by atoms with van der Waals surface area (Å²) in [5.41, 5.74) is 4.90. The van der Waals surface area contributed by atoms with E-state index in [0.29, 0.717) is 6.54 Å². The minimum Gasteiger partial charge on any atom is -0.381 e. The molecule has 2 aliphatic rings. The van der Waals surface area contributed by atoms with E-state index >= 15 is 0 Å². The van der Waals surface area contributed by atoms with Crippen LogP contribution in [0.15, 0.2) is 54.9 Å². The third kappa shape index (κ3) is 4.35. The van der Waals surface area contributed by atoms with Gasteiger partial charge in [-0.1, -0.05) is 12.1 Å². The normalized spacial score (nSPS) is 19.4. The number of hydrogen-bond acceptors (Lipinski definition) is 6. The standard InChI is InChI=1S/C27H31N5O2/c1-31(2)25-16-20(12-14-28-25)19-8-11-23-24(15-19)32(17-21-5-4-13-29-26(21)30-23)27(33)18-6-9-22(34-3)10-7-18/h4-5,8,11-16,18,22H,6-7,9-10,17H2,1-3H3,(H,29,30). The topological polar surface area (TPSA) is 70.6 Å². The van der Waals surface area contributed by atoms with Gasteiger partial charge in [-0.25, -0.2) is 9.97 Å². The summed E-state index contributed by atoms with van der Waals surface area (Å²) in [7, 11) is 5.72. The van der Waals surface area contributed by atoms with Crippen molar-refractivity contribution in [3.8, 4) is 11.1 Å². The second kappa shape index (κ2) is 9.43. The van der Waals surface area contributed by atoms with Crippen LogP contribution in [0.25, 0.3) is 11.1 Å². The predicted octanol–water partition coefficient (Wildman–Crippen LogP) is 5.01. The van der Waals surface area contributed by atoms with Gasteiger partial charge in [-0.15, -0.1) is 0 Å². The highest BCUT2D eigenvalue weighted by Gasteiger charge is 2.33. The van der Waals surface area contributed by atoms with E-state index in [1.54, 1.807) is 13.3 Å². The maximum atomic E-state index is 13.9.